The van der Waals surface area contributed by atoms with Gasteiger partial charge < -0.3 is 15.3 Å². The predicted molar refractivity (Wildman–Crippen MR) is 80.7 cm³/mol. The largest absolute Gasteiger partial charge is 0.395 e. The van der Waals surface area contributed by atoms with Crippen LogP contribution in [0.2, 0.25) is 5.02 Å². The minimum absolute atomic E-state index is 0.0104. The quantitative estimate of drug-likeness (QED) is 0.597. The van der Waals surface area contributed by atoms with E-state index in [0.29, 0.717) is 6.54 Å². The Morgan fingerprint density at radius 2 is 2.19 bits per heavy atom. The number of hydrogen-bond donors (Lipinski definition) is 2. The van der Waals surface area contributed by atoms with Gasteiger partial charge in [0.25, 0.3) is 5.69 Å². The molecular weight excluding hydrogens is 298 g/mol. The van der Waals surface area contributed by atoms with Gasteiger partial charge in [0.15, 0.2) is 0 Å². The molecule has 116 valence electrons. The highest BCUT2D eigenvalue weighted by Gasteiger charge is 2.16. The maximum absolute atomic E-state index is 12.1. The lowest BCUT2D eigenvalue weighted by Gasteiger charge is -2.22. The van der Waals surface area contributed by atoms with Crippen LogP contribution in [0.15, 0.2) is 18.2 Å². The number of nitro groups is 1. The summed E-state index contributed by atoms with van der Waals surface area (Å²) in [6.07, 6.45) is 1.73. The van der Waals surface area contributed by atoms with Crippen LogP contribution >= 0.6 is 11.6 Å². The molecule has 2 N–H and O–H groups in total. The molecule has 0 radical (unpaired) electrons. The number of urea groups is 1. The van der Waals surface area contributed by atoms with Gasteiger partial charge >= 0.3 is 6.03 Å². The van der Waals surface area contributed by atoms with Crippen LogP contribution in [0.5, 0.6) is 0 Å². The molecule has 0 saturated heterocycles. The molecule has 0 bridgehead atoms. The molecule has 0 aromatic heterocycles. The van der Waals surface area contributed by atoms with Crippen LogP contribution in [0.4, 0.5) is 16.2 Å². The molecule has 0 fully saturated rings. The van der Waals surface area contributed by atoms with Gasteiger partial charge in [-0.15, -0.1) is 0 Å². The van der Waals surface area contributed by atoms with Crippen molar-refractivity contribution in [1.29, 1.82) is 0 Å². The van der Waals surface area contributed by atoms with Gasteiger partial charge in [-0.25, -0.2) is 4.79 Å². The number of carbonyl (C=O) groups is 1. The van der Waals surface area contributed by atoms with Crippen molar-refractivity contribution in [3.63, 3.8) is 0 Å². The highest BCUT2D eigenvalue weighted by Crippen LogP contribution is 2.27. The molecule has 0 aliphatic rings. The van der Waals surface area contributed by atoms with Gasteiger partial charge in [0, 0.05) is 24.8 Å². The van der Waals surface area contributed by atoms with Crippen LogP contribution in [-0.2, 0) is 0 Å². The van der Waals surface area contributed by atoms with Crippen LogP contribution in [0.3, 0.4) is 0 Å². The number of anilines is 1. The summed E-state index contributed by atoms with van der Waals surface area (Å²) in [4.78, 5) is 23.7. The van der Waals surface area contributed by atoms with Gasteiger partial charge in [0.2, 0.25) is 0 Å². The summed E-state index contributed by atoms with van der Waals surface area (Å²) in [6.45, 7) is 2.58. The SMILES string of the molecule is CCCCN(CCO)C(=O)Nc1ccc(Cl)c([N+](=O)[O-])c1. The van der Waals surface area contributed by atoms with Gasteiger partial charge in [-0.3, -0.25) is 10.1 Å². The second kappa shape index (κ2) is 8.43. The average molecular weight is 316 g/mol. The molecule has 0 saturated carbocycles. The standard InChI is InChI=1S/C13H18ClN3O4/c1-2-3-6-16(7-8-18)13(19)15-10-4-5-11(14)12(9-10)17(20)21/h4-5,9,18H,2-3,6-8H2,1H3,(H,15,19). The Bertz CT molecular complexity index is 510. The van der Waals surface area contributed by atoms with Crippen molar-refractivity contribution in [2.45, 2.75) is 19.8 Å². The monoisotopic (exact) mass is 315 g/mol. The summed E-state index contributed by atoms with van der Waals surface area (Å²) < 4.78 is 0. The molecular formula is C13H18ClN3O4. The van der Waals surface area contributed by atoms with E-state index in [1.807, 2.05) is 6.92 Å². The van der Waals surface area contributed by atoms with Crippen LogP contribution in [0.1, 0.15) is 19.8 Å². The third kappa shape index (κ3) is 5.20. The lowest BCUT2D eigenvalue weighted by molar-refractivity contribution is -0.384. The third-order valence-electron chi connectivity index (χ3n) is 2.83. The maximum atomic E-state index is 12.1. The fourth-order valence-electron chi connectivity index (χ4n) is 1.72. The number of aliphatic hydroxyl groups excluding tert-OH is 1. The number of rotatable bonds is 7. The molecule has 0 aliphatic heterocycles. The van der Waals surface area contributed by atoms with Gasteiger partial charge in [0.1, 0.15) is 5.02 Å². The summed E-state index contributed by atoms with van der Waals surface area (Å²) in [5, 5.41) is 22.4. The Balaban J connectivity index is 2.80. The van der Waals surface area contributed by atoms with Crippen LogP contribution < -0.4 is 5.32 Å². The minimum Gasteiger partial charge on any atom is -0.395 e. The third-order valence-corrected chi connectivity index (χ3v) is 3.15. The average Bonchev–Trinajstić information content (AvgIpc) is 2.45. The first-order chi connectivity index (χ1) is 9.99. The number of carbonyl (C=O) groups excluding carboxylic acids is 1. The van der Waals surface area contributed by atoms with E-state index >= 15 is 0 Å². The Morgan fingerprint density at radius 3 is 2.76 bits per heavy atom. The first-order valence-electron chi connectivity index (χ1n) is 6.60. The highest BCUT2D eigenvalue weighted by molar-refractivity contribution is 6.32. The van der Waals surface area contributed by atoms with Crippen LogP contribution in [0.25, 0.3) is 0 Å². The first kappa shape index (κ1) is 17.2. The van der Waals surface area contributed by atoms with E-state index in [2.05, 4.69) is 5.32 Å². The molecule has 1 aromatic carbocycles. The number of nitrogens with zero attached hydrogens (tertiary/aromatic N) is 2. The summed E-state index contributed by atoms with van der Waals surface area (Å²) in [5.41, 5.74) is 0.0206. The fraction of sp³-hybridized carbons (Fsp3) is 0.462. The van der Waals surface area contributed by atoms with Crippen molar-refractivity contribution in [1.82, 2.24) is 4.90 Å². The molecule has 0 unspecified atom stereocenters. The van der Waals surface area contributed by atoms with Gasteiger partial charge in [-0.05, 0) is 18.6 Å². The Kier molecular flexibility index (Phi) is 6.90. The molecule has 1 aromatic rings. The van der Waals surface area contributed by atoms with E-state index in [-0.39, 0.29) is 29.5 Å². The van der Waals surface area contributed by atoms with E-state index in [1.165, 1.54) is 23.1 Å². The van der Waals surface area contributed by atoms with E-state index < -0.39 is 11.0 Å². The highest BCUT2D eigenvalue weighted by atomic mass is 35.5. The number of halogens is 1. The summed E-state index contributed by atoms with van der Waals surface area (Å²) in [6, 6.07) is 3.65. The van der Waals surface area contributed by atoms with Crippen molar-refractivity contribution in [2.24, 2.45) is 0 Å². The zero-order valence-corrected chi connectivity index (χ0v) is 12.5. The van der Waals surface area contributed by atoms with Crippen LogP contribution in [0, 0.1) is 10.1 Å². The lowest BCUT2D eigenvalue weighted by atomic mass is 10.3. The van der Waals surface area contributed by atoms with Crippen molar-refractivity contribution >= 4 is 29.0 Å². The summed E-state index contributed by atoms with van der Waals surface area (Å²) >= 11 is 5.71. The summed E-state index contributed by atoms with van der Waals surface area (Å²) in [5.74, 6) is 0. The lowest BCUT2D eigenvalue weighted by Crippen LogP contribution is -2.37. The van der Waals surface area contributed by atoms with E-state index in [9.17, 15) is 14.9 Å². The maximum Gasteiger partial charge on any atom is 0.321 e. The normalized spacial score (nSPS) is 10.2. The second-order valence-corrected chi connectivity index (χ2v) is 4.82. The zero-order chi connectivity index (χ0) is 15.8. The molecule has 0 atom stereocenters. The Labute approximate surface area is 127 Å². The molecule has 1 rings (SSSR count). The number of benzene rings is 1. The second-order valence-electron chi connectivity index (χ2n) is 4.42. The number of nitro benzene ring substituents is 1. The number of hydrogen-bond acceptors (Lipinski definition) is 4. The molecule has 0 aliphatic carbocycles. The molecule has 0 heterocycles. The van der Waals surface area contributed by atoms with Gasteiger partial charge in [0.05, 0.1) is 11.5 Å². The van der Waals surface area contributed by atoms with Crippen molar-refractivity contribution < 1.29 is 14.8 Å². The zero-order valence-electron chi connectivity index (χ0n) is 11.7. The van der Waals surface area contributed by atoms with E-state index in [1.54, 1.807) is 0 Å². The first-order valence-corrected chi connectivity index (χ1v) is 6.98. The van der Waals surface area contributed by atoms with Crippen molar-refractivity contribution in [3.8, 4) is 0 Å². The van der Waals surface area contributed by atoms with E-state index in [4.69, 9.17) is 16.7 Å². The van der Waals surface area contributed by atoms with Gasteiger partial charge in [-0.1, -0.05) is 24.9 Å². The fourth-order valence-corrected chi connectivity index (χ4v) is 1.90. The minimum atomic E-state index is -0.611. The Morgan fingerprint density at radius 1 is 1.48 bits per heavy atom. The Hall–Kier alpha value is -1.86. The van der Waals surface area contributed by atoms with Crippen molar-refractivity contribution in [2.75, 3.05) is 25.0 Å². The molecule has 0 spiro atoms. The van der Waals surface area contributed by atoms with E-state index in [0.717, 1.165) is 12.8 Å². The summed E-state index contributed by atoms with van der Waals surface area (Å²) in [7, 11) is 0. The smallest absolute Gasteiger partial charge is 0.321 e. The van der Waals surface area contributed by atoms with Crippen molar-refractivity contribution in [3.05, 3.63) is 33.3 Å². The number of amides is 2. The number of nitrogens with one attached hydrogen (secondary N) is 1. The van der Waals surface area contributed by atoms with Gasteiger partial charge in [-0.2, -0.15) is 0 Å². The van der Waals surface area contributed by atoms with Crippen LogP contribution in [-0.4, -0.2) is 40.7 Å². The number of unbranched alkanes of at least 4 members (excludes halogenated alkanes) is 1. The molecule has 8 heteroatoms. The number of aliphatic hydroxyl groups is 1. The predicted octanol–water partition coefficient (Wildman–Crippen LogP) is 2.87. The molecule has 7 nitrogen and oxygen atoms in total. The molecule has 2 amide bonds. The molecule has 21 heavy (non-hydrogen) atoms. The topological polar surface area (TPSA) is 95.7 Å².